The summed E-state index contributed by atoms with van der Waals surface area (Å²) < 4.78 is 19.0. The predicted octanol–water partition coefficient (Wildman–Crippen LogP) is 7.26. The second kappa shape index (κ2) is 18.4. The first kappa shape index (κ1) is 38.1. The minimum Gasteiger partial charge on any atom is -0.493 e. The van der Waals surface area contributed by atoms with Crippen LogP contribution in [-0.4, -0.2) is 77.5 Å². The van der Waals surface area contributed by atoms with E-state index < -0.39 is 6.04 Å². The molecule has 4 aromatic rings. The molecule has 0 radical (unpaired) electrons. The number of aliphatic hydroxyl groups excluding tert-OH is 2. The van der Waals surface area contributed by atoms with Gasteiger partial charge in [0.15, 0.2) is 0 Å². The first-order chi connectivity index (χ1) is 24.7. The Bertz CT molecular complexity index is 1800. The highest BCUT2D eigenvalue weighted by atomic mass is 35.5. The van der Waals surface area contributed by atoms with Crippen molar-refractivity contribution in [3.63, 3.8) is 0 Å². The van der Waals surface area contributed by atoms with Crippen molar-refractivity contribution in [3.05, 3.63) is 105 Å². The maximum Gasteiger partial charge on any atom is 0.142 e. The Morgan fingerprint density at radius 1 is 0.902 bits per heavy atom. The normalized spacial score (nSPS) is 13.8. The smallest absolute Gasteiger partial charge is 0.142 e. The molecule has 1 aromatic heterocycles. The second-order valence-electron chi connectivity index (χ2n) is 13.2. The molecule has 1 aliphatic rings. The van der Waals surface area contributed by atoms with Gasteiger partial charge in [-0.2, -0.15) is 5.26 Å². The van der Waals surface area contributed by atoms with E-state index in [2.05, 4.69) is 54.1 Å². The summed E-state index contributed by atoms with van der Waals surface area (Å²) in [4.78, 5) is 8.54. The topological polar surface area (TPSA) is 111 Å². The summed E-state index contributed by atoms with van der Waals surface area (Å²) in [5.74, 6) is 1.90. The van der Waals surface area contributed by atoms with Crippen LogP contribution < -0.4 is 14.2 Å². The van der Waals surface area contributed by atoms with Gasteiger partial charge in [-0.3, -0.25) is 9.88 Å². The zero-order valence-electron chi connectivity index (χ0n) is 30.1. The lowest BCUT2D eigenvalue weighted by molar-refractivity contribution is 0.0672. The molecule has 10 heteroatoms. The molecule has 1 saturated heterocycles. The first-order valence-corrected chi connectivity index (χ1v) is 18.0. The molecule has 5 rings (SSSR count). The van der Waals surface area contributed by atoms with Crippen molar-refractivity contribution >= 4 is 11.6 Å². The van der Waals surface area contributed by atoms with Gasteiger partial charge in [0.2, 0.25) is 0 Å². The highest BCUT2D eigenvalue weighted by Gasteiger charge is 2.25. The lowest BCUT2D eigenvalue weighted by Crippen LogP contribution is -2.39. The van der Waals surface area contributed by atoms with Crippen LogP contribution in [0.3, 0.4) is 0 Å². The zero-order valence-corrected chi connectivity index (χ0v) is 30.8. The molecule has 0 bridgehead atoms. The number of aliphatic hydroxyl groups is 2. The summed E-state index contributed by atoms with van der Waals surface area (Å²) in [5, 5.41) is 29.4. The fourth-order valence-electron chi connectivity index (χ4n) is 6.58. The van der Waals surface area contributed by atoms with Gasteiger partial charge in [-0.1, -0.05) is 41.9 Å². The van der Waals surface area contributed by atoms with Crippen LogP contribution in [0.2, 0.25) is 5.02 Å². The quantitative estimate of drug-likeness (QED) is 0.109. The number of ether oxygens (including phenoxy) is 3. The number of likely N-dealkylation sites (tertiary alicyclic amines) is 1. The van der Waals surface area contributed by atoms with Crippen molar-refractivity contribution in [2.24, 2.45) is 0 Å². The molecule has 0 saturated carbocycles. The fourth-order valence-corrected chi connectivity index (χ4v) is 6.80. The minimum atomic E-state index is -0.468. The lowest BCUT2D eigenvalue weighted by atomic mass is 9.93. The summed E-state index contributed by atoms with van der Waals surface area (Å²) in [7, 11) is 1.83. The fraction of sp³-hybridized carbons (Fsp3) is 0.415. The molecule has 2 heterocycles. The molecule has 270 valence electrons. The predicted molar refractivity (Wildman–Crippen MR) is 200 cm³/mol. The van der Waals surface area contributed by atoms with Gasteiger partial charge >= 0.3 is 0 Å². The second-order valence-corrected chi connectivity index (χ2v) is 13.6. The standard InChI is InChI=1S/C41H49ClN4O5/c1-28-33(10-7-11-35(28)36-12-8-13-39(29(36)2)49-17-9-16-46-14-5-6-15-46)27-51-41-20-40(50-26-32-18-31(21-43)22-44-23-32)37(19-38(41)42)30(3)45(4)34(24-47)25-48/h7-8,10-13,18-20,22-23,30,34,47-48H,5-6,9,14-17,24-27H2,1-4H3. The van der Waals surface area contributed by atoms with Crippen LogP contribution >= 0.6 is 11.6 Å². The van der Waals surface area contributed by atoms with Crippen LogP contribution in [-0.2, 0) is 13.2 Å². The Morgan fingerprint density at radius 3 is 2.33 bits per heavy atom. The van der Waals surface area contributed by atoms with E-state index in [0.717, 1.165) is 57.7 Å². The van der Waals surface area contributed by atoms with Crippen LogP contribution in [0.1, 0.15) is 65.6 Å². The molecule has 0 spiro atoms. The number of hydrogen-bond donors (Lipinski definition) is 2. The zero-order chi connectivity index (χ0) is 36.3. The van der Waals surface area contributed by atoms with Crippen molar-refractivity contribution in [2.45, 2.75) is 65.3 Å². The maximum absolute atomic E-state index is 9.84. The van der Waals surface area contributed by atoms with Gasteiger partial charge in [0.1, 0.15) is 36.5 Å². The SMILES string of the molecule is Cc1c(COc2cc(OCc3cncc(C#N)c3)c(C(C)N(C)C(CO)CO)cc2Cl)cccc1-c1cccc(OCCCN2CCCC2)c1C. The van der Waals surface area contributed by atoms with E-state index in [1.165, 1.54) is 32.1 Å². The highest BCUT2D eigenvalue weighted by Crippen LogP contribution is 2.39. The highest BCUT2D eigenvalue weighted by molar-refractivity contribution is 6.32. The molecule has 1 unspecified atom stereocenters. The van der Waals surface area contributed by atoms with Crippen LogP contribution in [0.4, 0.5) is 0 Å². The third kappa shape index (κ3) is 9.59. The average molecular weight is 713 g/mol. The van der Waals surface area contributed by atoms with Gasteiger partial charge in [0.25, 0.3) is 0 Å². The Balaban J connectivity index is 1.35. The number of rotatable bonds is 17. The molecule has 1 fully saturated rings. The third-order valence-electron chi connectivity index (χ3n) is 9.92. The summed E-state index contributed by atoms with van der Waals surface area (Å²) in [6, 6.07) is 19.2. The van der Waals surface area contributed by atoms with Gasteiger partial charge in [-0.15, -0.1) is 0 Å². The Labute approximate surface area is 307 Å². The summed E-state index contributed by atoms with van der Waals surface area (Å²) in [6.45, 7) is 10.4. The minimum absolute atomic E-state index is 0.165. The molecule has 1 aliphatic heterocycles. The molecular formula is C41H49ClN4O5. The number of likely N-dealkylation sites (N-methyl/N-ethyl adjacent to an activating group) is 1. The van der Waals surface area contributed by atoms with E-state index in [4.69, 9.17) is 25.8 Å². The summed E-state index contributed by atoms with van der Waals surface area (Å²) in [5.41, 5.74) is 7.43. The van der Waals surface area contributed by atoms with Crippen LogP contribution in [0.15, 0.2) is 67.0 Å². The average Bonchev–Trinajstić information content (AvgIpc) is 3.67. The van der Waals surface area contributed by atoms with Gasteiger partial charge < -0.3 is 29.3 Å². The summed E-state index contributed by atoms with van der Waals surface area (Å²) in [6.07, 6.45) is 6.78. The van der Waals surface area contributed by atoms with Crippen molar-refractivity contribution in [1.82, 2.24) is 14.8 Å². The van der Waals surface area contributed by atoms with Crippen LogP contribution in [0, 0.1) is 25.2 Å². The van der Waals surface area contributed by atoms with E-state index >= 15 is 0 Å². The van der Waals surface area contributed by atoms with E-state index in [0.29, 0.717) is 28.7 Å². The number of aromatic nitrogens is 1. The molecule has 3 aromatic carbocycles. The van der Waals surface area contributed by atoms with Crippen LogP contribution in [0.5, 0.6) is 17.2 Å². The van der Waals surface area contributed by atoms with E-state index in [1.54, 1.807) is 18.3 Å². The number of halogens is 1. The Kier molecular flexibility index (Phi) is 13.7. The number of pyridine rings is 1. The van der Waals surface area contributed by atoms with E-state index in [1.807, 2.05) is 37.1 Å². The molecular weight excluding hydrogens is 664 g/mol. The molecule has 51 heavy (non-hydrogen) atoms. The Morgan fingerprint density at radius 2 is 1.61 bits per heavy atom. The number of nitrogens with zero attached hydrogens (tertiary/aromatic N) is 4. The third-order valence-corrected chi connectivity index (χ3v) is 10.2. The van der Waals surface area contributed by atoms with E-state index in [-0.39, 0.29) is 32.5 Å². The van der Waals surface area contributed by atoms with Gasteiger partial charge in [0.05, 0.1) is 36.4 Å². The van der Waals surface area contributed by atoms with Crippen LogP contribution in [0.25, 0.3) is 11.1 Å². The number of nitriles is 1. The maximum atomic E-state index is 9.84. The number of benzene rings is 3. The van der Waals surface area contributed by atoms with E-state index in [9.17, 15) is 15.5 Å². The lowest BCUT2D eigenvalue weighted by Gasteiger charge is -2.32. The summed E-state index contributed by atoms with van der Waals surface area (Å²) >= 11 is 6.85. The van der Waals surface area contributed by atoms with Gasteiger partial charge in [0, 0.05) is 42.2 Å². The van der Waals surface area contributed by atoms with Gasteiger partial charge in [-0.25, -0.2) is 0 Å². The number of hydrogen-bond acceptors (Lipinski definition) is 9. The monoisotopic (exact) mass is 712 g/mol. The molecule has 2 N–H and O–H groups in total. The van der Waals surface area contributed by atoms with Gasteiger partial charge in [-0.05, 0) is 106 Å². The molecule has 1 atom stereocenters. The first-order valence-electron chi connectivity index (χ1n) is 17.6. The van der Waals surface area contributed by atoms with Crippen molar-refractivity contribution in [3.8, 4) is 34.4 Å². The molecule has 9 nitrogen and oxygen atoms in total. The van der Waals surface area contributed by atoms with Crippen molar-refractivity contribution in [1.29, 1.82) is 5.26 Å². The van der Waals surface area contributed by atoms with Crippen molar-refractivity contribution < 1.29 is 24.4 Å². The largest absolute Gasteiger partial charge is 0.493 e. The van der Waals surface area contributed by atoms with Crippen molar-refractivity contribution in [2.75, 3.05) is 46.5 Å². The Hall–Kier alpha value is -4.17. The molecule has 0 aliphatic carbocycles. The molecule has 0 amide bonds.